The molecule has 0 aliphatic heterocycles. The second-order valence-corrected chi connectivity index (χ2v) is 7.75. The zero-order valence-corrected chi connectivity index (χ0v) is 18.7. The van der Waals surface area contributed by atoms with Crippen molar-refractivity contribution in [2.24, 2.45) is 0 Å². The summed E-state index contributed by atoms with van der Waals surface area (Å²) in [6.45, 7) is -1.71. The van der Waals surface area contributed by atoms with Crippen LogP contribution in [0.15, 0.2) is 54.7 Å². The molecule has 1 heterocycles. The topological polar surface area (TPSA) is 120 Å². The first-order valence-corrected chi connectivity index (χ1v) is 10.6. The number of carbonyl (C=O) groups excluding carboxylic acids is 2. The summed E-state index contributed by atoms with van der Waals surface area (Å²) in [6, 6.07) is 13.0. The molecule has 0 saturated carbocycles. The number of amides is 1. The van der Waals surface area contributed by atoms with E-state index in [-0.39, 0.29) is 41.5 Å². The molecule has 1 aromatic heterocycles. The Morgan fingerprint density at radius 3 is 2.44 bits per heavy atom. The summed E-state index contributed by atoms with van der Waals surface area (Å²) in [5.41, 5.74) is 1.11. The molecule has 0 radical (unpaired) electrons. The number of nitrogens with zero attached hydrogens (tertiary/aromatic N) is 2. The molecule has 10 heteroatoms. The number of benzene rings is 2. The van der Waals surface area contributed by atoms with Gasteiger partial charge in [-0.15, -0.1) is 0 Å². The van der Waals surface area contributed by atoms with Gasteiger partial charge in [-0.25, -0.2) is 14.2 Å². The van der Waals surface area contributed by atoms with Crippen molar-refractivity contribution < 1.29 is 34.0 Å². The summed E-state index contributed by atoms with van der Waals surface area (Å²) >= 11 is 5.87. The molecule has 0 fully saturated rings. The van der Waals surface area contributed by atoms with Crippen LogP contribution in [-0.2, 0) is 31.0 Å². The number of ketones is 1. The Balaban J connectivity index is 1.89. The van der Waals surface area contributed by atoms with Gasteiger partial charge in [0.1, 0.15) is 19.0 Å². The quantitative estimate of drug-likeness (QED) is 0.394. The van der Waals surface area contributed by atoms with E-state index >= 15 is 0 Å². The molecule has 3 N–H and O–H groups in total. The van der Waals surface area contributed by atoms with Gasteiger partial charge in [-0.1, -0.05) is 48.0 Å². The highest BCUT2D eigenvalue weighted by Crippen LogP contribution is 2.27. The van der Waals surface area contributed by atoms with Gasteiger partial charge in [-0.2, -0.15) is 0 Å². The molecule has 178 valence electrons. The Labute approximate surface area is 199 Å². The molecule has 0 aliphatic rings. The number of rotatable bonds is 9. The van der Waals surface area contributed by atoms with Crippen LogP contribution in [0.3, 0.4) is 0 Å². The summed E-state index contributed by atoms with van der Waals surface area (Å²) in [4.78, 5) is 29.9. The molecule has 0 atom stereocenters. The standard InChI is InChI=1S/C24H22ClFN2O6/c25-19-8-16(6-7-20(19)26)10-28(24(33)34-14-15-4-2-1-3-5-15)11-17-9-27-22(21(31)13-30)23(32)18(17)12-29/h1-9,29-30,32H,10-14H2. The largest absolute Gasteiger partial charge is 0.505 e. The van der Waals surface area contributed by atoms with E-state index < -0.39 is 36.7 Å². The van der Waals surface area contributed by atoms with Crippen molar-refractivity contribution in [1.82, 2.24) is 9.88 Å². The van der Waals surface area contributed by atoms with Gasteiger partial charge < -0.3 is 20.1 Å². The fraction of sp³-hybridized carbons (Fsp3) is 0.208. The highest BCUT2D eigenvalue weighted by Gasteiger charge is 2.23. The van der Waals surface area contributed by atoms with Crippen LogP contribution in [0.4, 0.5) is 9.18 Å². The molecule has 3 aromatic rings. The first-order valence-electron chi connectivity index (χ1n) is 10.2. The molecule has 3 rings (SSSR count). The fourth-order valence-electron chi connectivity index (χ4n) is 3.23. The van der Waals surface area contributed by atoms with E-state index in [0.29, 0.717) is 5.56 Å². The number of Topliss-reactive ketones (excluding diaryl/α,β-unsaturated/α-hetero) is 1. The molecule has 0 unspecified atom stereocenters. The number of hydrogen-bond donors (Lipinski definition) is 3. The fourth-order valence-corrected chi connectivity index (χ4v) is 3.43. The van der Waals surface area contributed by atoms with Crippen molar-refractivity contribution in [2.75, 3.05) is 6.61 Å². The SMILES string of the molecule is O=C(CO)c1ncc(CN(Cc2ccc(F)c(Cl)c2)C(=O)OCc2ccccc2)c(CO)c1O. The molecule has 0 spiro atoms. The summed E-state index contributed by atoms with van der Waals surface area (Å²) in [7, 11) is 0. The smallest absolute Gasteiger partial charge is 0.410 e. The minimum atomic E-state index is -0.867. The van der Waals surface area contributed by atoms with Crippen LogP contribution < -0.4 is 0 Å². The summed E-state index contributed by atoms with van der Waals surface area (Å²) in [6.07, 6.45) is 0.506. The zero-order chi connectivity index (χ0) is 24.7. The summed E-state index contributed by atoms with van der Waals surface area (Å²) in [5.74, 6) is -2.01. The van der Waals surface area contributed by atoms with E-state index in [0.717, 1.165) is 5.56 Å². The van der Waals surface area contributed by atoms with Crippen LogP contribution in [0.2, 0.25) is 5.02 Å². The van der Waals surface area contributed by atoms with Crippen LogP contribution in [0.5, 0.6) is 5.75 Å². The third-order valence-corrected chi connectivity index (χ3v) is 5.28. The van der Waals surface area contributed by atoms with E-state index in [2.05, 4.69) is 4.98 Å². The third kappa shape index (κ3) is 6.07. The van der Waals surface area contributed by atoms with Crippen molar-refractivity contribution in [3.63, 3.8) is 0 Å². The van der Waals surface area contributed by atoms with Gasteiger partial charge in [-0.05, 0) is 28.8 Å². The lowest BCUT2D eigenvalue weighted by atomic mass is 10.1. The van der Waals surface area contributed by atoms with E-state index in [1.807, 2.05) is 6.07 Å². The molecular weight excluding hydrogens is 467 g/mol. The maximum atomic E-state index is 13.6. The number of hydrogen-bond acceptors (Lipinski definition) is 7. The average Bonchev–Trinajstić information content (AvgIpc) is 2.84. The molecule has 0 bridgehead atoms. The minimum absolute atomic E-state index is 0.000639. The number of ether oxygens (including phenoxy) is 1. The monoisotopic (exact) mass is 488 g/mol. The highest BCUT2D eigenvalue weighted by molar-refractivity contribution is 6.30. The van der Waals surface area contributed by atoms with Gasteiger partial charge in [0.05, 0.1) is 18.2 Å². The Kier molecular flexibility index (Phi) is 8.53. The number of pyridine rings is 1. The summed E-state index contributed by atoms with van der Waals surface area (Å²) < 4.78 is 19.0. The van der Waals surface area contributed by atoms with Crippen molar-refractivity contribution in [2.45, 2.75) is 26.3 Å². The van der Waals surface area contributed by atoms with Gasteiger partial charge in [0, 0.05) is 18.3 Å². The number of carbonyl (C=O) groups is 2. The van der Waals surface area contributed by atoms with Crippen LogP contribution in [0.1, 0.15) is 32.7 Å². The Morgan fingerprint density at radius 2 is 1.79 bits per heavy atom. The number of aromatic nitrogens is 1. The van der Waals surface area contributed by atoms with Gasteiger partial charge in [-0.3, -0.25) is 9.69 Å². The maximum absolute atomic E-state index is 13.6. The lowest BCUT2D eigenvalue weighted by Gasteiger charge is -2.24. The van der Waals surface area contributed by atoms with Gasteiger partial charge in [0.25, 0.3) is 0 Å². The number of aliphatic hydroxyl groups excluding tert-OH is 2. The van der Waals surface area contributed by atoms with E-state index in [1.54, 1.807) is 24.3 Å². The Morgan fingerprint density at radius 1 is 1.06 bits per heavy atom. The number of aliphatic hydroxyl groups is 2. The highest BCUT2D eigenvalue weighted by atomic mass is 35.5. The third-order valence-electron chi connectivity index (χ3n) is 5.00. The van der Waals surface area contributed by atoms with Crippen molar-refractivity contribution in [3.05, 3.63) is 93.5 Å². The lowest BCUT2D eigenvalue weighted by Crippen LogP contribution is -2.31. The second kappa shape index (κ2) is 11.6. The molecule has 0 aliphatic carbocycles. The number of aromatic hydroxyl groups is 1. The first kappa shape index (κ1) is 25.1. The minimum Gasteiger partial charge on any atom is -0.505 e. The van der Waals surface area contributed by atoms with Crippen molar-refractivity contribution in [1.29, 1.82) is 0 Å². The van der Waals surface area contributed by atoms with Gasteiger partial charge in [0.15, 0.2) is 11.4 Å². The number of halogens is 2. The van der Waals surface area contributed by atoms with Crippen molar-refractivity contribution >= 4 is 23.5 Å². The normalized spacial score (nSPS) is 10.7. The second-order valence-electron chi connectivity index (χ2n) is 7.34. The predicted molar refractivity (Wildman–Crippen MR) is 121 cm³/mol. The Bertz CT molecular complexity index is 1180. The van der Waals surface area contributed by atoms with Gasteiger partial charge in [0.2, 0.25) is 5.78 Å². The van der Waals surface area contributed by atoms with E-state index in [9.17, 15) is 24.2 Å². The predicted octanol–water partition coefficient (Wildman–Crippen LogP) is 3.59. The molecule has 1 amide bonds. The maximum Gasteiger partial charge on any atom is 0.410 e. The van der Waals surface area contributed by atoms with Crippen LogP contribution in [0.25, 0.3) is 0 Å². The molecule has 0 saturated heterocycles. The lowest BCUT2D eigenvalue weighted by molar-refractivity contribution is 0.0886. The Hall–Kier alpha value is -3.53. The molecule has 2 aromatic carbocycles. The molecule has 8 nitrogen and oxygen atoms in total. The molecule has 34 heavy (non-hydrogen) atoms. The average molecular weight is 489 g/mol. The first-order chi connectivity index (χ1) is 16.3. The van der Waals surface area contributed by atoms with E-state index in [4.69, 9.17) is 21.4 Å². The van der Waals surface area contributed by atoms with E-state index in [1.165, 1.54) is 29.3 Å². The van der Waals surface area contributed by atoms with Gasteiger partial charge >= 0.3 is 6.09 Å². The molecular formula is C24H22ClFN2O6. The van der Waals surface area contributed by atoms with Crippen LogP contribution in [-0.4, -0.2) is 43.7 Å². The van der Waals surface area contributed by atoms with Crippen molar-refractivity contribution in [3.8, 4) is 5.75 Å². The van der Waals surface area contributed by atoms with Crippen LogP contribution >= 0.6 is 11.6 Å². The zero-order valence-electron chi connectivity index (χ0n) is 17.9. The summed E-state index contributed by atoms with van der Waals surface area (Å²) in [5, 5.41) is 29.1. The van der Waals surface area contributed by atoms with Crippen LogP contribution in [0, 0.1) is 5.82 Å².